The Morgan fingerprint density at radius 3 is 2.77 bits per heavy atom. The predicted octanol–water partition coefficient (Wildman–Crippen LogP) is 4.13. The summed E-state index contributed by atoms with van der Waals surface area (Å²) in [6.45, 7) is 0. The first kappa shape index (κ1) is 18.3. The molecule has 0 bridgehead atoms. The fourth-order valence-electron chi connectivity index (χ4n) is 3.11. The van der Waals surface area contributed by atoms with Gasteiger partial charge in [0.25, 0.3) is 0 Å². The molecule has 3 rings (SSSR count). The zero-order valence-electron chi connectivity index (χ0n) is 14.1. The highest BCUT2D eigenvalue weighted by Crippen LogP contribution is 2.27. The fraction of sp³-hybridized carbons (Fsp3) is 0.316. The minimum atomic E-state index is -0.776. The minimum absolute atomic E-state index is 0.322. The van der Waals surface area contributed by atoms with Crippen molar-refractivity contribution in [3.05, 3.63) is 52.5 Å². The molecule has 1 saturated carbocycles. The summed E-state index contributed by atoms with van der Waals surface area (Å²) in [7, 11) is 0. The molecule has 0 aliphatic heterocycles. The van der Waals surface area contributed by atoms with Crippen molar-refractivity contribution < 1.29 is 9.18 Å². The smallest absolute Gasteiger partial charge is 0.245 e. The molecule has 0 radical (unpaired) electrons. The normalized spacial score (nSPS) is 16.3. The van der Waals surface area contributed by atoms with Crippen LogP contribution >= 0.6 is 15.9 Å². The third-order valence-corrected chi connectivity index (χ3v) is 4.89. The van der Waals surface area contributed by atoms with Gasteiger partial charge in [0.2, 0.25) is 5.91 Å². The average molecular weight is 417 g/mol. The number of nitriles is 1. The van der Waals surface area contributed by atoms with E-state index in [9.17, 15) is 14.4 Å². The molecule has 1 aromatic carbocycles. The summed E-state index contributed by atoms with van der Waals surface area (Å²) in [5.41, 5.74) is 0.104. The van der Waals surface area contributed by atoms with Gasteiger partial charge in [-0.3, -0.25) is 4.79 Å². The SMILES string of the molecule is N#CC1(NC(=O)/C=C/c2ccc(-n3cc(Br)cn3)c(F)c2)CCCCC1. The summed E-state index contributed by atoms with van der Waals surface area (Å²) >= 11 is 3.28. The predicted molar refractivity (Wildman–Crippen MR) is 99.8 cm³/mol. The van der Waals surface area contributed by atoms with Crippen molar-refractivity contribution in [1.82, 2.24) is 15.1 Å². The second-order valence-electron chi connectivity index (χ2n) is 6.39. The highest BCUT2D eigenvalue weighted by Gasteiger charge is 2.32. The molecule has 1 amide bonds. The largest absolute Gasteiger partial charge is 0.334 e. The molecule has 0 unspecified atom stereocenters. The molecule has 1 fully saturated rings. The summed E-state index contributed by atoms with van der Waals surface area (Å²) in [5, 5.41) is 16.3. The van der Waals surface area contributed by atoms with E-state index in [1.165, 1.54) is 22.9 Å². The zero-order chi connectivity index (χ0) is 18.6. The van der Waals surface area contributed by atoms with Crippen LogP contribution < -0.4 is 5.32 Å². The summed E-state index contributed by atoms with van der Waals surface area (Å²) in [5.74, 6) is -0.780. The van der Waals surface area contributed by atoms with Crippen LogP contribution in [0.25, 0.3) is 11.8 Å². The van der Waals surface area contributed by atoms with Crippen molar-refractivity contribution >= 4 is 27.9 Å². The van der Waals surface area contributed by atoms with Gasteiger partial charge in [-0.2, -0.15) is 10.4 Å². The molecule has 0 atom stereocenters. The van der Waals surface area contributed by atoms with E-state index in [1.807, 2.05) is 0 Å². The van der Waals surface area contributed by atoms with Crippen LogP contribution in [0.15, 0.2) is 41.1 Å². The lowest BCUT2D eigenvalue weighted by Crippen LogP contribution is -2.48. The number of carbonyl (C=O) groups excluding carboxylic acids is 1. The lowest BCUT2D eigenvalue weighted by Gasteiger charge is -2.31. The first-order chi connectivity index (χ1) is 12.5. The molecule has 5 nitrogen and oxygen atoms in total. The summed E-state index contributed by atoms with van der Waals surface area (Å²) in [6, 6.07) is 6.89. The number of amides is 1. The van der Waals surface area contributed by atoms with Crippen molar-refractivity contribution in [2.24, 2.45) is 0 Å². The molecule has 1 aliphatic carbocycles. The average Bonchev–Trinajstić information content (AvgIpc) is 3.07. The number of nitrogens with one attached hydrogen (secondary N) is 1. The van der Waals surface area contributed by atoms with E-state index in [-0.39, 0.29) is 5.91 Å². The van der Waals surface area contributed by atoms with Crippen LogP contribution in [-0.4, -0.2) is 21.2 Å². The number of nitrogens with zero attached hydrogens (tertiary/aromatic N) is 3. The molecule has 1 aromatic heterocycles. The van der Waals surface area contributed by atoms with Crippen molar-refractivity contribution in [3.63, 3.8) is 0 Å². The number of hydrogen-bond donors (Lipinski definition) is 1. The Hall–Kier alpha value is -2.46. The highest BCUT2D eigenvalue weighted by molar-refractivity contribution is 9.10. The van der Waals surface area contributed by atoms with Gasteiger partial charge < -0.3 is 5.32 Å². The first-order valence-electron chi connectivity index (χ1n) is 8.43. The van der Waals surface area contributed by atoms with E-state index in [1.54, 1.807) is 24.5 Å². The van der Waals surface area contributed by atoms with Crippen LogP contribution in [0, 0.1) is 17.1 Å². The maximum atomic E-state index is 14.3. The van der Waals surface area contributed by atoms with Crippen LogP contribution in [0.3, 0.4) is 0 Å². The molecule has 0 spiro atoms. The van der Waals surface area contributed by atoms with Gasteiger partial charge in [-0.15, -0.1) is 0 Å². The molecule has 0 saturated heterocycles. The monoisotopic (exact) mass is 416 g/mol. The third-order valence-electron chi connectivity index (χ3n) is 4.48. The quantitative estimate of drug-likeness (QED) is 0.761. The Labute approximate surface area is 159 Å². The van der Waals surface area contributed by atoms with Crippen molar-refractivity contribution in [2.45, 2.75) is 37.6 Å². The van der Waals surface area contributed by atoms with Gasteiger partial charge in [0.1, 0.15) is 17.0 Å². The molecule has 134 valence electrons. The molecule has 1 N–H and O–H groups in total. The van der Waals surface area contributed by atoms with Crippen LogP contribution in [0.2, 0.25) is 0 Å². The van der Waals surface area contributed by atoms with E-state index >= 15 is 0 Å². The molecular formula is C19H18BrFN4O. The Morgan fingerprint density at radius 1 is 1.38 bits per heavy atom. The van der Waals surface area contributed by atoms with E-state index in [4.69, 9.17) is 0 Å². The number of rotatable bonds is 4. The standard InChI is InChI=1S/C19H18BrFN4O/c20-15-11-23-25(12-15)17-6-4-14(10-16(17)21)5-7-18(26)24-19(13-22)8-2-1-3-9-19/h4-7,10-12H,1-3,8-9H2,(H,24,26)/b7-5+. The molecule has 1 aliphatic rings. The second-order valence-corrected chi connectivity index (χ2v) is 7.31. The van der Waals surface area contributed by atoms with Gasteiger partial charge in [0.15, 0.2) is 0 Å². The maximum absolute atomic E-state index is 14.3. The molecule has 26 heavy (non-hydrogen) atoms. The van der Waals surface area contributed by atoms with Gasteiger partial charge in [-0.05, 0) is 52.5 Å². The van der Waals surface area contributed by atoms with Gasteiger partial charge in [0, 0.05) is 12.3 Å². The number of carbonyl (C=O) groups is 1. The number of aromatic nitrogens is 2. The van der Waals surface area contributed by atoms with Crippen molar-refractivity contribution in [1.29, 1.82) is 5.26 Å². The Balaban J connectivity index is 1.69. The number of benzene rings is 1. The number of halogens is 2. The van der Waals surface area contributed by atoms with E-state index in [2.05, 4.69) is 32.4 Å². The van der Waals surface area contributed by atoms with Crippen LogP contribution in [0.1, 0.15) is 37.7 Å². The molecule has 1 heterocycles. The topological polar surface area (TPSA) is 70.7 Å². The summed E-state index contributed by atoms with van der Waals surface area (Å²) in [6.07, 6.45) is 10.4. The van der Waals surface area contributed by atoms with Crippen molar-refractivity contribution in [2.75, 3.05) is 0 Å². The molecule has 7 heteroatoms. The van der Waals surface area contributed by atoms with Gasteiger partial charge in [0.05, 0.1) is 16.7 Å². The van der Waals surface area contributed by atoms with Gasteiger partial charge in [-0.1, -0.05) is 25.3 Å². The molecule has 2 aromatic rings. The summed E-state index contributed by atoms with van der Waals surface area (Å²) in [4.78, 5) is 12.2. The molecular weight excluding hydrogens is 399 g/mol. The second kappa shape index (κ2) is 7.83. The van der Waals surface area contributed by atoms with Crippen LogP contribution in [0.4, 0.5) is 4.39 Å². The third kappa shape index (κ3) is 4.20. The maximum Gasteiger partial charge on any atom is 0.245 e. The number of hydrogen-bond acceptors (Lipinski definition) is 3. The van der Waals surface area contributed by atoms with Crippen LogP contribution in [0.5, 0.6) is 0 Å². The van der Waals surface area contributed by atoms with Gasteiger partial charge >= 0.3 is 0 Å². The Morgan fingerprint density at radius 2 is 2.15 bits per heavy atom. The lowest BCUT2D eigenvalue weighted by molar-refractivity contribution is -0.118. The van der Waals surface area contributed by atoms with Crippen molar-refractivity contribution in [3.8, 4) is 11.8 Å². The Kier molecular flexibility index (Phi) is 5.52. The highest BCUT2D eigenvalue weighted by atomic mass is 79.9. The lowest BCUT2D eigenvalue weighted by atomic mass is 9.83. The van der Waals surface area contributed by atoms with Crippen LogP contribution in [-0.2, 0) is 4.79 Å². The minimum Gasteiger partial charge on any atom is -0.334 e. The van der Waals surface area contributed by atoms with Gasteiger partial charge in [-0.25, -0.2) is 9.07 Å². The van der Waals surface area contributed by atoms with E-state index in [0.717, 1.165) is 23.7 Å². The summed E-state index contributed by atoms with van der Waals surface area (Å²) < 4.78 is 16.5. The van der Waals surface area contributed by atoms with E-state index in [0.29, 0.717) is 24.1 Å². The fourth-order valence-corrected chi connectivity index (χ4v) is 3.40. The van der Waals surface area contributed by atoms with E-state index < -0.39 is 11.4 Å². The zero-order valence-corrected chi connectivity index (χ0v) is 15.7. The first-order valence-corrected chi connectivity index (χ1v) is 9.22. The Bertz CT molecular complexity index is 878.